The summed E-state index contributed by atoms with van der Waals surface area (Å²) in [6.45, 7) is 1.90. The highest BCUT2D eigenvalue weighted by atomic mass is 32.2. The summed E-state index contributed by atoms with van der Waals surface area (Å²) in [5.74, 6) is 0.136. The summed E-state index contributed by atoms with van der Waals surface area (Å²) in [7, 11) is -2.36. The number of likely N-dealkylation sites (N-methyl/N-ethyl adjacent to an activating group) is 1. The van der Waals surface area contributed by atoms with Crippen LogP contribution in [0.4, 0.5) is 0 Å². The SMILES string of the molecule is CC1CCCCC1NC(=O)CN(C)S(=O)(=O)c1ccc(C#N)cc1. The van der Waals surface area contributed by atoms with Gasteiger partial charge in [0, 0.05) is 13.1 Å². The molecule has 0 radical (unpaired) electrons. The van der Waals surface area contributed by atoms with Crippen LogP contribution in [0.15, 0.2) is 29.2 Å². The fourth-order valence-corrected chi connectivity index (χ4v) is 4.08. The van der Waals surface area contributed by atoms with Gasteiger partial charge in [-0.1, -0.05) is 19.8 Å². The van der Waals surface area contributed by atoms with Gasteiger partial charge in [-0.3, -0.25) is 4.79 Å². The minimum atomic E-state index is -3.75. The Labute approximate surface area is 143 Å². The van der Waals surface area contributed by atoms with E-state index < -0.39 is 10.0 Å². The van der Waals surface area contributed by atoms with Crippen LogP contribution in [0.3, 0.4) is 0 Å². The molecular weight excluding hydrogens is 326 g/mol. The first-order chi connectivity index (χ1) is 11.3. The zero-order chi connectivity index (χ0) is 17.7. The van der Waals surface area contributed by atoms with Gasteiger partial charge in [0.1, 0.15) is 0 Å². The first kappa shape index (κ1) is 18.4. The van der Waals surface area contributed by atoms with Crippen molar-refractivity contribution < 1.29 is 13.2 Å². The standard InChI is InChI=1S/C17H23N3O3S/c1-13-5-3-4-6-16(13)19-17(21)12-20(2)24(22,23)15-9-7-14(11-18)8-10-15/h7-10,13,16H,3-6,12H2,1-2H3,(H,19,21). The largest absolute Gasteiger partial charge is 0.352 e. The number of carbonyl (C=O) groups is 1. The lowest BCUT2D eigenvalue weighted by molar-refractivity contribution is -0.122. The first-order valence-electron chi connectivity index (χ1n) is 8.10. The molecule has 6 nitrogen and oxygen atoms in total. The Morgan fingerprint density at radius 1 is 1.29 bits per heavy atom. The van der Waals surface area contributed by atoms with E-state index in [0.29, 0.717) is 11.5 Å². The summed E-state index contributed by atoms with van der Waals surface area (Å²) in [5.41, 5.74) is 0.389. The third kappa shape index (κ3) is 4.34. The molecule has 1 aromatic rings. The molecule has 0 aliphatic heterocycles. The van der Waals surface area contributed by atoms with Gasteiger partial charge in [-0.2, -0.15) is 9.57 Å². The quantitative estimate of drug-likeness (QED) is 0.879. The first-order valence-corrected chi connectivity index (χ1v) is 9.54. The van der Waals surface area contributed by atoms with E-state index in [1.807, 2.05) is 6.07 Å². The van der Waals surface area contributed by atoms with Crippen LogP contribution in [-0.2, 0) is 14.8 Å². The average molecular weight is 349 g/mol. The molecule has 2 unspecified atom stereocenters. The summed E-state index contributed by atoms with van der Waals surface area (Å²) in [6, 6.07) is 7.73. The summed E-state index contributed by atoms with van der Waals surface area (Å²) < 4.78 is 26.0. The van der Waals surface area contributed by atoms with Gasteiger partial charge < -0.3 is 5.32 Å². The van der Waals surface area contributed by atoms with Crippen molar-refractivity contribution in [1.29, 1.82) is 5.26 Å². The number of rotatable bonds is 5. The lowest BCUT2D eigenvalue weighted by atomic mass is 9.86. The molecule has 0 spiro atoms. The molecule has 130 valence electrons. The van der Waals surface area contributed by atoms with E-state index in [0.717, 1.165) is 23.6 Å². The Hall–Kier alpha value is -1.91. The molecule has 0 bridgehead atoms. The monoisotopic (exact) mass is 349 g/mol. The van der Waals surface area contributed by atoms with Gasteiger partial charge in [0.2, 0.25) is 15.9 Å². The minimum Gasteiger partial charge on any atom is -0.352 e. The summed E-state index contributed by atoms with van der Waals surface area (Å²) in [4.78, 5) is 12.3. The molecule has 1 amide bonds. The highest BCUT2D eigenvalue weighted by Crippen LogP contribution is 2.23. The summed E-state index contributed by atoms with van der Waals surface area (Å²) >= 11 is 0. The highest BCUT2D eigenvalue weighted by Gasteiger charge is 2.26. The number of nitrogens with one attached hydrogen (secondary N) is 1. The van der Waals surface area contributed by atoms with Gasteiger partial charge in [-0.25, -0.2) is 8.42 Å². The second kappa shape index (κ2) is 7.77. The van der Waals surface area contributed by atoms with E-state index in [1.54, 1.807) is 0 Å². The Balaban J connectivity index is 2.00. The van der Waals surface area contributed by atoms with Crippen LogP contribution >= 0.6 is 0 Å². The Kier molecular flexibility index (Phi) is 5.97. The molecule has 1 aromatic carbocycles. The molecule has 2 atom stereocenters. The van der Waals surface area contributed by atoms with Gasteiger partial charge in [0.25, 0.3) is 0 Å². The van der Waals surface area contributed by atoms with Crippen LogP contribution in [-0.4, -0.2) is 38.3 Å². The van der Waals surface area contributed by atoms with Crippen molar-refractivity contribution in [1.82, 2.24) is 9.62 Å². The molecule has 24 heavy (non-hydrogen) atoms. The van der Waals surface area contributed by atoms with Gasteiger partial charge in [-0.05, 0) is 43.0 Å². The van der Waals surface area contributed by atoms with E-state index in [9.17, 15) is 13.2 Å². The predicted molar refractivity (Wildman–Crippen MR) is 90.5 cm³/mol. The minimum absolute atomic E-state index is 0.0721. The van der Waals surface area contributed by atoms with Crippen LogP contribution in [0.1, 0.15) is 38.2 Å². The van der Waals surface area contributed by atoms with Crippen LogP contribution in [0.2, 0.25) is 0 Å². The molecule has 1 aliphatic carbocycles. The molecule has 0 heterocycles. The third-order valence-electron chi connectivity index (χ3n) is 4.52. The van der Waals surface area contributed by atoms with Crippen molar-refractivity contribution in [3.8, 4) is 6.07 Å². The number of nitriles is 1. The second-order valence-corrected chi connectivity index (χ2v) is 8.38. The van der Waals surface area contributed by atoms with E-state index >= 15 is 0 Å². The molecule has 1 saturated carbocycles. The lowest BCUT2D eigenvalue weighted by Gasteiger charge is -2.30. The van der Waals surface area contributed by atoms with Gasteiger partial charge >= 0.3 is 0 Å². The van der Waals surface area contributed by atoms with Crippen molar-refractivity contribution >= 4 is 15.9 Å². The Morgan fingerprint density at radius 3 is 2.50 bits per heavy atom. The van der Waals surface area contributed by atoms with Crippen LogP contribution < -0.4 is 5.32 Å². The number of carbonyl (C=O) groups excluding carboxylic acids is 1. The number of hydrogen-bond donors (Lipinski definition) is 1. The fraction of sp³-hybridized carbons (Fsp3) is 0.529. The van der Waals surface area contributed by atoms with E-state index in [1.165, 1.54) is 37.7 Å². The number of hydrogen-bond acceptors (Lipinski definition) is 4. The molecule has 1 fully saturated rings. The van der Waals surface area contributed by atoms with Gasteiger partial charge in [0.15, 0.2) is 0 Å². The molecule has 7 heteroatoms. The predicted octanol–water partition coefficient (Wildman–Crippen LogP) is 1.87. The lowest BCUT2D eigenvalue weighted by Crippen LogP contribution is -2.46. The highest BCUT2D eigenvalue weighted by molar-refractivity contribution is 7.89. The second-order valence-electron chi connectivity index (χ2n) is 6.33. The Morgan fingerprint density at radius 2 is 1.92 bits per heavy atom. The molecule has 2 rings (SSSR count). The van der Waals surface area contributed by atoms with Gasteiger partial charge in [-0.15, -0.1) is 0 Å². The maximum Gasteiger partial charge on any atom is 0.243 e. The zero-order valence-corrected chi connectivity index (χ0v) is 14.8. The zero-order valence-electron chi connectivity index (χ0n) is 14.0. The van der Waals surface area contributed by atoms with E-state index in [-0.39, 0.29) is 23.4 Å². The van der Waals surface area contributed by atoms with Crippen molar-refractivity contribution in [2.24, 2.45) is 5.92 Å². The number of sulfonamides is 1. The smallest absolute Gasteiger partial charge is 0.243 e. The average Bonchev–Trinajstić information content (AvgIpc) is 2.57. The maximum atomic E-state index is 12.5. The number of amides is 1. The van der Waals surface area contributed by atoms with Crippen LogP contribution in [0.5, 0.6) is 0 Å². The maximum absolute atomic E-state index is 12.5. The Bertz CT molecular complexity index is 722. The third-order valence-corrected chi connectivity index (χ3v) is 6.33. The molecule has 0 saturated heterocycles. The summed E-state index contributed by atoms with van der Waals surface area (Å²) in [5, 5.41) is 11.7. The van der Waals surface area contributed by atoms with E-state index in [4.69, 9.17) is 5.26 Å². The van der Waals surface area contributed by atoms with Crippen molar-refractivity contribution in [3.05, 3.63) is 29.8 Å². The van der Waals surface area contributed by atoms with Crippen molar-refractivity contribution in [3.63, 3.8) is 0 Å². The number of benzene rings is 1. The van der Waals surface area contributed by atoms with Crippen molar-refractivity contribution in [2.45, 2.75) is 43.5 Å². The number of nitrogens with zero attached hydrogens (tertiary/aromatic N) is 2. The van der Waals surface area contributed by atoms with Crippen LogP contribution in [0, 0.1) is 17.2 Å². The normalized spacial score (nSPS) is 21.2. The molecule has 0 aromatic heterocycles. The molecule has 1 aliphatic rings. The summed E-state index contributed by atoms with van der Waals surface area (Å²) in [6.07, 6.45) is 4.30. The topological polar surface area (TPSA) is 90.3 Å². The van der Waals surface area contributed by atoms with Gasteiger partial charge in [0.05, 0.1) is 23.1 Å². The van der Waals surface area contributed by atoms with Crippen LogP contribution in [0.25, 0.3) is 0 Å². The fourth-order valence-electron chi connectivity index (χ4n) is 2.95. The molecule has 1 N–H and O–H groups in total. The van der Waals surface area contributed by atoms with E-state index in [2.05, 4.69) is 12.2 Å². The van der Waals surface area contributed by atoms with Crippen molar-refractivity contribution in [2.75, 3.05) is 13.6 Å². The molecular formula is C17H23N3O3S.